The molecule has 0 unspecified atom stereocenters. The number of ether oxygens (including phenoxy) is 2. The third-order valence-corrected chi connectivity index (χ3v) is 2.86. The molecule has 0 amide bonds. The summed E-state index contributed by atoms with van der Waals surface area (Å²) in [6.07, 6.45) is 1.02. The van der Waals surface area contributed by atoms with Crippen LogP contribution in [0.4, 0.5) is 0 Å². The highest BCUT2D eigenvalue weighted by atomic mass is 16.5. The molecule has 0 aliphatic carbocycles. The van der Waals surface area contributed by atoms with Crippen molar-refractivity contribution in [2.75, 3.05) is 20.7 Å². The molecule has 1 N–H and O–H groups in total. The first kappa shape index (κ1) is 13.4. The maximum Gasteiger partial charge on any atom is 0.131 e. The van der Waals surface area contributed by atoms with Crippen LogP contribution in [0.3, 0.4) is 0 Å². The van der Waals surface area contributed by atoms with Crippen molar-refractivity contribution in [3.63, 3.8) is 0 Å². The standard InChI is InChI=1S/C16H19NO2/c1-17-11-10-13-6-8-14(9-7-13)19-16-5-3-4-15(12-16)18-2/h3-9,12,17H,10-11H2,1-2H3. The van der Waals surface area contributed by atoms with Crippen LogP contribution in [0.15, 0.2) is 48.5 Å². The number of benzene rings is 2. The Kier molecular flexibility index (Phi) is 4.81. The second-order valence-electron chi connectivity index (χ2n) is 4.28. The lowest BCUT2D eigenvalue weighted by Gasteiger charge is -2.08. The van der Waals surface area contributed by atoms with E-state index in [2.05, 4.69) is 17.4 Å². The fraction of sp³-hybridized carbons (Fsp3) is 0.250. The molecule has 0 spiro atoms. The smallest absolute Gasteiger partial charge is 0.131 e. The van der Waals surface area contributed by atoms with Crippen LogP contribution < -0.4 is 14.8 Å². The summed E-state index contributed by atoms with van der Waals surface area (Å²) in [5.41, 5.74) is 1.30. The molecular weight excluding hydrogens is 238 g/mol. The van der Waals surface area contributed by atoms with E-state index in [4.69, 9.17) is 9.47 Å². The average molecular weight is 257 g/mol. The Morgan fingerprint density at radius 3 is 2.37 bits per heavy atom. The van der Waals surface area contributed by atoms with Gasteiger partial charge in [0.05, 0.1) is 7.11 Å². The summed E-state index contributed by atoms with van der Waals surface area (Å²) in [6.45, 7) is 0.982. The molecule has 2 rings (SSSR count). The van der Waals surface area contributed by atoms with Crippen LogP contribution in [-0.4, -0.2) is 20.7 Å². The van der Waals surface area contributed by atoms with Crippen LogP contribution in [0, 0.1) is 0 Å². The van der Waals surface area contributed by atoms with Crippen molar-refractivity contribution in [2.24, 2.45) is 0 Å². The fourth-order valence-corrected chi connectivity index (χ4v) is 1.79. The molecule has 0 aliphatic rings. The lowest BCUT2D eigenvalue weighted by atomic mass is 10.1. The monoisotopic (exact) mass is 257 g/mol. The van der Waals surface area contributed by atoms with Crippen molar-refractivity contribution in [2.45, 2.75) is 6.42 Å². The molecule has 0 radical (unpaired) electrons. The maximum absolute atomic E-state index is 5.78. The molecule has 0 saturated carbocycles. The fourth-order valence-electron chi connectivity index (χ4n) is 1.79. The van der Waals surface area contributed by atoms with Gasteiger partial charge in [-0.2, -0.15) is 0 Å². The van der Waals surface area contributed by atoms with Gasteiger partial charge in [-0.05, 0) is 49.8 Å². The van der Waals surface area contributed by atoms with Crippen LogP contribution in [0.25, 0.3) is 0 Å². The van der Waals surface area contributed by atoms with Crippen LogP contribution in [-0.2, 0) is 6.42 Å². The van der Waals surface area contributed by atoms with E-state index in [9.17, 15) is 0 Å². The summed E-state index contributed by atoms with van der Waals surface area (Å²) in [7, 11) is 3.61. The Labute approximate surface area is 114 Å². The van der Waals surface area contributed by atoms with Gasteiger partial charge < -0.3 is 14.8 Å². The van der Waals surface area contributed by atoms with E-state index < -0.39 is 0 Å². The topological polar surface area (TPSA) is 30.5 Å². The van der Waals surface area contributed by atoms with E-state index in [-0.39, 0.29) is 0 Å². The highest BCUT2D eigenvalue weighted by molar-refractivity contribution is 5.37. The van der Waals surface area contributed by atoms with Gasteiger partial charge in [0.1, 0.15) is 17.2 Å². The van der Waals surface area contributed by atoms with Crippen LogP contribution >= 0.6 is 0 Å². The van der Waals surface area contributed by atoms with Crippen LogP contribution in [0.1, 0.15) is 5.56 Å². The number of hydrogen-bond donors (Lipinski definition) is 1. The van der Waals surface area contributed by atoms with Gasteiger partial charge in [0, 0.05) is 6.07 Å². The zero-order valence-electron chi connectivity index (χ0n) is 11.3. The third kappa shape index (κ3) is 4.00. The summed E-state index contributed by atoms with van der Waals surface area (Å²) >= 11 is 0. The van der Waals surface area contributed by atoms with Gasteiger partial charge in [0.2, 0.25) is 0 Å². The lowest BCUT2D eigenvalue weighted by molar-refractivity contribution is 0.409. The minimum Gasteiger partial charge on any atom is -0.497 e. The van der Waals surface area contributed by atoms with Crippen molar-refractivity contribution in [1.82, 2.24) is 5.32 Å². The molecule has 2 aromatic rings. The lowest BCUT2D eigenvalue weighted by Crippen LogP contribution is -2.10. The molecule has 0 aliphatic heterocycles. The van der Waals surface area contributed by atoms with Crippen LogP contribution in [0.2, 0.25) is 0 Å². The first-order valence-corrected chi connectivity index (χ1v) is 6.37. The Bertz CT molecular complexity index is 508. The molecular formula is C16H19NO2. The van der Waals surface area contributed by atoms with Crippen molar-refractivity contribution < 1.29 is 9.47 Å². The summed E-state index contributed by atoms with van der Waals surface area (Å²) in [6, 6.07) is 15.8. The van der Waals surface area contributed by atoms with Gasteiger partial charge in [-0.1, -0.05) is 18.2 Å². The largest absolute Gasteiger partial charge is 0.497 e. The molecule has 3 heteroatoms. The zero-order chi connectivity index (χ0) is 13.5. The first-order chi connectivity index (χ1) is 9.31. The minimum absolute atomic E-state index is 0.780. The predicted octanol–water partition coefficient (Wildman–Crippen LogP) is 3.25. The Morgan fingerprint density at radius 1 is 0.947 bits per heavy atom. The van der Waals surface area contributed by atoms with Gasteiger partial charge in [-0.25, -0.2) is 0 Å². The second kappa shape index (κ2) is 6.81. The van der Waals surface area contributed by atoms with E-state index in [1.54, 1.807) is 7.11 Å². The Morgan fingerprint density at radius 2 is 1.68 bits per heavy atom. The molecule has 0 atom stereocenters. The summed E-state index contributed by atoms with van der Waals surface area (Å²) < 4.78 is 11.0. The molecule has 100 valence electrons. The second-order valence-corrected chi connectivity index (χ2v) is 4.28. The molecule has 2 aromatic carbocycles. The third-order valence-electron chi connectivity index (χ3n) is 2.86. The predicted molar refractivity (Wildman–Crippen MR) is 77.1 cm³/mol. The molecule has 0 heterocycles. The maximum atomic E-state index is 5.78. The van der Waals surface area contributed by atoms with E-state index in [0.29, 0.717) is 0 Å². The zero-order valence-corrected chi connectivity index (χ0v) is 11.3. The number of rotatable bonds is 6. The Hall–Kier alpha value is -2.00. The summed E-state index contributed by atoms with van der Waals surface area (Å²) in [4.78, 5) is 0. The number of likely N-dealkylation sites (N-methyl/N-ethyl adjacent to an activating group) is 1. The van der Waals surface area contributed by atoms with Crippen molar-refractivity contribution >= 4 is 0 Å². The van der Waals surface area contributed by atoms with Crippen molar-refractivity contribution in [3.05, 3.63) is 54.1 Å². The molecule has 19 heavy (non-hydrogen) atoms. The van der Waals surface area contributed by atoms with Gasteiger partial charge in [0.15, 0.2) is 0 Å². The number of methoxy groups -OCH3 is 1. The van der Waals surface area contributed by atoms with E-state index in [1.807, 2.05) is 43.4 Å². The SMILES string of the molecule is CNCCc1ccc(Oc2cccc(OC)c2)cc1. The number of hydrogen-bond acceptors (Lipinski definition) is 3. The van der Waals surface area contributed by atoms with Gasteiger partial charge in [0.25, 0.3) is 0 Å². The molecule has 0 fully saturated rings. The molecule has 0 aromatic heterocycles. The molecule has 3 nitrogen and oxygen atoms in total. The average Bonchev–Trinajstić information content (AvgIpc) is 2.47. The first-order valence-electron chi connectivity index (χ1n) is 6.37. The van der Waals surface area contributed by atoms with Gasteiger partial charge in [-0.3, -0.25) is 0 Å². The molecule has 0 saturated heterocycles. The quantitative estimate of drug-likeness (QED) is 0.861. The van der Waals surface area contributed by atoms with Gasteiger partial charge >= 0.3 is 0 Å². The van der Waals surface area contributed by atoms with Crippen molar-refractivity contribution in [3.8, 4) is 17.2 Å². The Balaban J connectivity index is 2.02. The highest BCUT2D eigenvalue weighted by Gasteiger charge is 1.99. The molecule has 0 bridgehead atoms. The van der Waals surface area contributed by atoms with Crippen molar-refractivity contribution in [1.29, 1.82) is 0 Å². The van der Waals surface area contributed by atoms with E-state index >= 15 is 0 Å². The minimum atomic E-state index is 0.780. The number of nitrogens with one attached hydrogen (secondary N) is 1. The van der Waals surface area contributed by atoms with Gasteiger partial charge in [-0.15, -0.1) is 0 Å². The van der Waals surface area contributed by atoms with Crippen LogP contribution in [0.5, 0.6) is 17.2 Å². The summed E-state index contributed by atoms with van der Waals surface area (Å²) in [5.74, 6) is 2.41. The highest BCUT2D eigenvalue weighted by Crippen LogP contribution is 2.25. The van der Waals surface area contributed by atoms with E-state index in [0.717, 1.165) is 30.2 Å². The van der Waals surface area contributed by atoms with E-state index in [1.165, 1.54) is 5.56 Å². The normalized spacial score (nSPS) is 10.2. The summed E-state index contributed by atoms with van der Waals surface area (Å²) in [5, 5.41) is 3.14.